The fourth-order valence-corrected chi connectivity index (χ4v) is 2.92. The number of aliphatic imine (C=N–C) groups is 1. The summed E-state index contributed by atoms with van der Waals surface area (Å²) in [5.74, 6) is 1.86. The van der Waals surface area contributed by atoms with Gasteiger partial charge in [-0.05, 0) is 48.7 Å². The van der Waals surface area contributed by atoms with E-state index in [-0.39, 0.29) is 6.54 Å². The van der Waals surface area contributed by atoms with Crippen molar-refractivity contribution in [3.05, 3.63) is 58.6 Å². The monoisotopic (exact) mass is 405 g/mol. The molecule has 0 aliphatic heterocycles. The summed E-state index contributed by atoms with van der Waals surface area (Å²) in [5.41, 5.74) is 1.87. The van der Waals surface area contributed by atoms with Gasteiger partial charge >= 0.3 is 0 Å². The molecular formula is C21H28ClN3O3. The number of hydrogen-bond acceptors (Lipinski definition) is 4. The fourth-order valence-electron chi connectivity index (χ4n) is 2.70. The van der Waals surface area contributed by atoms with E-state index in [1.807, 2.05) is 31.2 Å². The second-order valence-electron chi connectivity index (χ2n) is 6.16. The average Bonchev–Trinajstić information content (AvgIpc) is 2.71. The summed E-state index contributed by atoms with van der Waals surface area (Å²) in [6, 6.07) is 13.1. The molecule has 1 atom stereocenters. The van der Waals surface area contributed by atoms with Crippen LogP contribution in [-0.2, 0) is 6.42 Å². The van der Waals surface area contributed by atoms with Crippen molar-refractivity contribution in [2.75, 3.05) is 33.9 Å². The maximum Gasteiger partial charge on any atom is 0.191 e. The predicted octanol–water partition coefficient (Wildman–Crippen LogP) is 3.19. The van der Waals surface area contributed by atoms with Crippen LogP contribution in [0.15, 0.2) is 47.5 Å². The van der Waals surface area contributed by atoms with E-state index in [4.69, 9.17) is 21.1 Å². The number of aliphatic hydroxyl groups is 1. The number of methoxy groups -OCH3 is 2. The highest BCUT2D eigenvalue weighted by Crippen LogP contribution is 2.30. The van der Waals surface area contributed by atoms with Crippen LogP contribution in [0, 0.1) is 0 Å². The second-order valence-corrected chi connectivity index (χ2v) is 6.59. The van der Waals surface area contributed by atoms with Gasteiger partial charge in [-0.25, -0.2) is 0 Å². The Labute approximate surface area is 171 Å². The van der Waals surface area contributed by atoms with Gasteiger partial charge in [0.05, 0.1) is 26.9 Å². The molecule has 0 fully saturated rings. The van der Waals surface area contributed by atoms with Crippen molar-refractivity contribution in [3.63, 3.8) is 0 Å². The van der Waals surface area contributed by atoms with Crippen molar-refractivity contribution >= 4 is 17.6 Å². The largest absolute Gasteiger partial charge is 0.493 e. The van der Waals surface area contributed by atoms with Gasteiger partial charge in [0.1, 0.15) is 0 Å². The Morgan fingerprint density at radius 1 is 1.11 bits per heavy atom. The first-order valence-corrected chi connectivity index (χ1v) is 9.61. The van der Waals surface area contributed by atoms with E-state index in [9.17, 15) is 5.11 Å². The molecule has 6 nitrogen and oxygen atoms in total. The van der Waals surface area contributed by atoms with Crippen LogP contribution in [0.2, 0.25) is 5.02 Å². The van der Waals surface area contributed by atoms with E-state index in [1.54, 1.807) is 32.4 Å². The maximum atomic E-state index is 10.5. The van der Waals surface area contributed by atoms with Crippen molar-refractivity contribution in [1.82, 2.24) is 10.6 Å². The summed E-state index contributed by atoms with van der Waals surface area (Å²) < 4.78 is 10.5. The van der Waals surface area contributed by atoms with Crippen LogP contribution >= 0.6 is 11.6 Å². The van der Waals surface area contributed by atoms with Crippen LogP contribution < -0.4 is 20.1 Å². The lowest BCUT2D eigenvalue weighted by Gasteiger charge is -2.15. The van der Waals surface area contributed by atoms with Gasteiger partial charge in [-0.3, -0.25) is 4.99 Å². The molecule has 0 amide bonds. The number of aliphatic hydroxyl groups excluding tert-OH is 1. The fraction of sp³-hybridized carbons (Fsp3) is 0.381. The van der Waals surface area contributed by atoms with Crippen molar-refractivity contribution in [2.45, 2.75) is 19.4 Å². The van der Waals surface area contributed by atoms with E-state index in [2.05, 4.69) is 15.6 Å². The summed E-state index contributed by atoms with van der Waals surface area (Å²) in [7, 11) is 3.15. The Balaban J connectivity index is 1.95. The SMILES string of the molecule is CCNC(=NCC(O)c1ccc(OC)c(OC)c1)NCCc1cccc(Cl)c1. The number of hydrogen-bond donors (Lipinski definition) is 3. The summed E-state index contributed by atoms with van der Waals surface area (Å²) >= 11 is 6.02. The van der Waals surface area contributed by atoms with Crippen molar-refractivity contribution in [3.8, 4) is 11.5 Å². The molecule has 0 spiro atoms. The number of ether oxygens (including phenoxy) is 2. The molecule has 0 aromatic heterocycles. The number of halogens is 1. The minimum atomic E-state index is -0.747. The smallest absolute Gasteiger partial charge is 0.191 e. The molecule has 7 heteroatoms. The van der Waals surface area contributed by atoms with E-state index in [1.165, 1.54) is 0 Å². The maximum absolute atomic E-state index is 10.5. The molecule has 0 bridgehead atoms. The molecule has 0 saturated carbocycles. The van der Waals surface area contributed by atoms with Crippen molar-refractivity contribution < 1.29 is 14.6 Å². The first kappa shape index (κ1) is 21.9. The Bertz CT molecular complexity index is 783. The number of rotatable bonds is 9. The average molecular weight is 406 g/mol. The molecule has 2 aromatic rings. The van der Waals surface area contributed by atoms with Crippen LogP contribution in [0.1, 0.15) is 24.2 Å². The zero-order valence-corrected chi connectivity index (χ0v) is 17.3. The van der Waals surface area contributed by atoms with Gasteiger partial charge in [-0.15, -0.1) is 0 Å². The summed E-state index contributed by atoms with van der Waals surface area (Å²) in [5, 5.41) is 17.7. The molecule has 0 aliphatic rings. The van der Waals surface area contributed by atoms with E-state index in [0.29, 0.717) is 24.0 Å². The highest BCUT2D eigenvalue weighted by atomic mass is 35.5. The first-order chi connectivity index (χ1) is 13.6. The van der Waals surface area contributed by atoms with Crippen molar-refractivity contribution in [2.24, 2.45) is 4.99 Å². The van der Waals surface area contributed by atoms with E-state index in [0.717, 1.165) is 29.1 Å². The molecule has 0 heterocycles. The normalized spacial score (nSPS) is 12.4. The molecule has 152 valence electrons. The molecule has 2 rings (SSSR count). The Morgan fingerprint density at radius 3 is 2.57 bits per heavy atom. The third kappa shape index (κ3) is 6.62. The van der Waals surface area contributed by atoms with Gasteiger partial charge in [-0.1, -0.05) is 29.8 Å². The minimum absolute atomic E-state index is 0.224. The summed E-state index contributed by atoms with van der Waals surface area (Å²) in [4.78, 5) is 4.48. The number of nitrogens with one attached hydrogen (secondary N) is 2. The second kappa shape index (κ2) is 11.4. The van der Waals surface area contributed by atoms with Gasteiger partial charge in [0, 0.05) is 18.1 Å². The minimum Gasteiger partial charge on any atom is -0.493 e. The molecule has 0 aliphatic carbocycles. The molecule has 3 N–H and O–H groups in total. The Hall–Kier alpha value is -2.44. The Kier molecular flexibility index (Phi) is 8.91. The van der Waals surface area contributed by atoms with Gasteiger partial charge in [-0.2, -0.15) is 0 Å². The van der Waals surface area contributed by atoms with E-state index >= 15 is 0 Å². The number of benzene rings is 2. The number of guanidine groups is 1. The third-order valence-corrected chi connectivity index (χ3v) is 4.39. The van der Waals surface area contributed by atoms with Crippen LogP contribution in [-0.4, -0.2) is 44.9 Å². The lowest BCUT2D eigenvalue weighted by molar-refractivity contribution is 0.186. The van der Waals surface area contributed by atoms with Crippen LogP contribution in [0.4, 0.5) is 0 Å². The number of nitrogens with zero attached hydrogens (tertiary/aromatic N) is 1. The van der Waals surface area contributed by atoms with Crippen LogP contribution in [0.3, 0.4) is 0 Å². The lowest BCUT2D eigenvalue weighted by atomic mass is 10.1. The molecule has 1 unspecified atom stereocenters. The van der Waals surface area contributed by atoms with Crippen LogP contribution in [0.25, 0.3) is 0 Å². The zero-order chi connectivity index (χ0) is 20.4. The zero-order valence-electron chi connectivity index (χ0n) is 16.5. The third-order valence-electron chi connectivity index (χ3n) is 4.15. The molecule has 0 saturated heterocycles. The Morgan fingerprint density at radius 2 is 1.89 bits per heavy atom. The lowest BCUT2D eigenvalue weighted by Crippen LogP contribution is -2.38. The summed E-state index contributed by atoms with van der Waals surface area (Å²) in [6.07, 6.45) is 0.0756. The molecular weight excluding hydrogens is 378 g/mol. The van der Waals surface area contributed by atoms with Gasteiger partial charge in [0.15, 0.2) is 17.5 Å². The van der Waals surface area contributed by atoms with Crippen molar-refractivity contribution in [1.29, 1.82) is 0 Å². The van der Waals surface area contributed by atoms with Gasteiger partial charge in [0.25, 0.3) is 0 Å². The topological polar surface area (TPSA) is 75.1 Å². The highest BCUT2D eigenvalue weighted by molar-refractivity contribution is 6.30. The summed E-state index contributed by atoms with van der Waals surface area (Å²) in [6.45, 7) is 3.66. The van der Waals surface area contributed by atoms with E-state index < -0.39 is 6.10 Å². The quantitative estimate of drug-likeness (QED) is 0.441. The first-order valence-electron chi connectivity index (χ1n) is 9.24. The standard InChI is InChI=1S/C21H28ClN3O3/c1-4-23-21(24-11-10-15-6-5-7-17(22)12-15)25-14-18(26)16-8-9-19(27-2)20(13-16)28-3/h5-9,12-13,18,26H,4,10-11,14H2,1-3H3,(H2,23,24,25). The predicted molar refractivity (Wildman–Crippen MR) is 114 cm³/mol. The molecule has 28 heavy (non-hydrogen) atoms. The molecule has 2 aromatic carbocycles. The van der Waals surface area contributed by atoms with Gasteiger partial charge in [0.2, 0.25) is 0 Å². The van der Waals surface area contributed by atoms with Gasteiger partial charge < -0.3 is 25.2 Å². The van der Waals surface area contributed by atoms with Crippen LogP contribution in [0.5, 0.6) is 11.5 Å². The molecule has 0 radical (unpaired) electrons. The highest BCUT2D eigenvalue weighted by Gasteiger charge is 2.12.